The molecule has 0 aliphatic rings. The third-order valence-electron chi connectivity index (χ3n) is 2.81. The molecule has 0 aliphatic heterocycles. The number of rotatable bonds is 6. The molecule has 1 aromatic rings. The van der Waals surface area contributed by atoms with Crippen LogP contribution in [0.4, 0.5) is 5.69 Å². The van der Waals surface area contributed by atoms with Crippen LogP contribution >= 0.6 is 15.9 Å². The Labute approximate surface area is 123 Å². The summed E-state index contributed by atoms with van der Waals surface area (Å²) < 4.78 is 1.04. The first kappa shape index (κ1) is 15.8. The summed E-state index contributed by atoms with van der Waals surface area (Å²) in [5.74, 6) is 0.0906. The van der Waals surface area contributed by atoms with Crippen LogP contribution in [-0.4, -0.2) is 30.4 Å². The van der Waals surface area contributed by atoms with Gasteiger partial charge in [0.2, 0.25) is 5.91 Å². The minimum Gasteiger partial charge on any atom is -0.376 e. The molecule has 0 bridgehead atoms. The SMILES string of the molecule is C=C(C)CN(CC)C(=O)CNc1ccc(Br)cc1C. The zero-order valence-electron chi connectivity index (χ0n) is 11.8. The maximum absolute atomic E-state index is 12.1. The molecule has 3 nitrogen and oxygen atoms in total. The first-order chi connectivity index (χ1) is 8.93. The molecule has 0 saturated carbocycles. The van der Waals surface area contributed by atoms with E-state index < -0.39 is 0 Å². The number of carbonyl (C=O) groups excluding carboxylic acids is 1. The van der Waals surface area contributed by atoms with Crippen LogP contribution in [0.2, 0.25) is 0 Å². The van der Waals surface area contributed by atoms with E-state index in [-0.39, 0.29) is 5.91 Å². The number of nitrogens with zero attached hydrogens (tertiary/aromatic N) is 1. The van der Waals surface area contributed by atoms with Crippen LogP contribution in [0.5, 0.6) is 0 Å². The minimum absolute atomic E-state index is 0.0906. The number of carbonyl (C=O) groups is 1. The van der Waals surface area contributed by atoms with Crippen LogP contribution in [0.3, 0.4) is 0 Å². The summed E-state index contributed by atoms with van der Waals surface area (Å²) in [6.07, 6.45) is 0. The number of nitrogens with one attached hydrogen (secondary N) is 1. The highest BCUT2D eigenvalue weighted by Crippen LogP contribution is 2.19. The summed E-state index contributed by atoms with van der Waals surface area (Å²) in [7, 11) is 0. The number of likely N-dealkylation sites (N-methyl/N-ethyl adjacent to an activating group) is 1. The van der Waals surface area contributed by atoms with Gasteiger partial charge in [-0.3, -0.25) is 4.79 Å². The van der Waals surface area contributed by atoms with Gasteiger partial charge in [0.1, 0.15) is 0 Å². The number of aryl methyl sites for hydroxylation is 1. The van der Waals surface area contributed by atoms with E-state index in [4.69, 9.17) is 0 Å². The van der Waals surface area contributed by atoms with E-state index in [0.717, 1.165) is 21.3 Å². The molecule has 0 saturated heterocycles. The molecule has 0 fully saturated rings. The summed E-state index contributed by atoms with van der Waals surface area (Å²) >= 11 is 3.43. The lowest BCUT2D eigenvalue weighted by molar-refractivity contribution is -0.128. The monoisotopic (exact) mass is 324 g/mol. The van der Waals surface area contributed by atoms with Gasteiger partial charge in [0.25, 0.3) is 0 Å². The molecule has 0 radical (unpaired) electrons. The van der Waals surface area contributed by atoms with E-state index in [9.17, 15) is 4.79 Å². The summed E-state index contributed by atoms with van der Waals surface area (Å²) in [5, 5.41) is 3.19. The summed E-state index contributed by atoms with van der Waals surface area (Å²) in [6, 6.07) is 5.96. The van der Waals surface area contributed by atoms with E-state index in [1.54, 1.807) is 4.90 Å². The van der Waals surface area contributed by atoms with Crippen LogP contribution in [0, 0.1) is 6.92 Å². The van der Waals surface area contributed by atoms with E-state index >= 15 is 0 Å². The Morgan fingerprint density at radius 1 is 1.47 bits per heavy atom. The molecule has 4 heteroatoms. The number of amides is 1. The van der Waals surface area contributed by atoms with Gasteiger partial charge in [-0.2, -0.15) is 0 Å². The van der Waals surface area contributed by atoms with Crippen molar-refractivity contribution in [3.63, 3.8) is 0 Å². The normalized spacial score (nSPS) is 10.1. The number of benzene rings is 1. The predicted octanol–water partition coefficient (Wildman–Crippen LogP) is 3.59. The van der Waals surface area contributed by atoms with E-state index in [1.165, 1.54) is 0 Å². The first-order valence-corrected chi connectivity index (χ1v) is 7.15. The molecule has 0 unspecified atom stereocenters. The van der Waals surface area contributed by atoms with Gasteiger partial charge in [-0.15, -0.1) is 0 Å². The molecule has 1 rings (SSSR count). The molecule has 0 heterocycles. The Morgan fingerprint density at radius 2 is 2.16 bits per heavy atom. The largest absolute Gasteiger partial charge is 0.376 e. The topological polar surface area (TPSA) is 32.3 Å². The molecular formula is C15H21BrN2O. The van der Waals surface area contributed by atoms with Crippen LogP contribution in [0.15, 0.2) is 34.8 Å². The molecule has 0 atom stereocenters. The minimum atomic E-state index is 0.0906. The van der Waals surface area contributed by atoms with Crippen LogP contribution < -0.4 is 5.32 Å². The summed E-state index contributed by atoms with van der Waals surface area (Å²) in [5.41, 5.74) is 3.10. The third-order valence-corrected chi connectivity index (χ3v) is 3.31. The fraction of sp³-hybridized carbons (Fsp3) is 0.400. The third kappa shape index (κ3) is 5.07. The molecule has 19 heavy (non-hydrogen) atoms. The molecule has 0 spiro atoms. The highest BCUT2D eigenvalue weighted by Gasteiger charge is 2.11. The van der Waals surface area contributed by atoms with Crippen molar-refractivity contribution in [2.45, 2.75) is 20.8 Å². The Bertz CT molecular complexity index is 471. The second-order valence-corrected chi connectivity index (χ2v) is 5.59. The highest BCUT2D eigenvalue weighted by atomic mass is 79.9. The van der Waals surface area contributed by atoms with E-state index in [0.29, 0.717) is 19.6 Å². The smallest absolute Gasteiger partial charge is 0.242 e. The highest BCUT2D eigenvalue weighted by molar-refractivity contribution is 9.10. The standard InChI is InChI=1S/C15H21BrN2O/c1-5-18(10-11(2)3)15(19)9-17-14-7-6-13(16)8-12(14)4/h6-8,17H,2,5,9-10H2,1,3-4H3. The number of hydrogen-bond donors (Lipinski definition) is 1. The molecule has 0 aromatic heterocycles. The van der Waals surface area contributed by atoms with Crippen molar-refractivity contribution < 1.29 is 4.79 Å². The van der Waals surface area contributed by atoms with E-state index in [2.05, 4.69) is 27.8 Å². The Hall–Kier alpha value is -1.29. The lowest BCUT2D eigenvalue weighted by Crippen LogP contribution is -2.36. The molecular weight excluding hydrogens is 304 g/mol. The van der Waals surface area contributed by atoms with E-state index in [1.807, 2.05) is 39.0 Å². The second kappa shape index (κ2) is 7.34. The Morgan fingerprint density at radius 3 is 2.68 bits per heavy atom. The van der Waals surface area contributed by atoms with Gasteiger partial charge in [-0.1, -0.05) is 28.1 Å². The fourth-order valence-corrected chi connectivity index (χ4v) is 2.29. The van der Waals surface area contributed by atoms with Crippen LogP contribution in [0.1, 0.15) is 19.4 Å². The number of hydrogen-bond acceptors (Lipinski definition) is 2. The summed E-state index contributed by atoms with van der Waals surface area (Å²) in [6.45, 7) is 11.4. The summed E-state index contributed by atoms with van der Waals surface area (Å²) in [4.78, 5) is 13.9. The zero-order valence-corrected chi connectivity index (χ0v) is 13.4. The zero-order chi connectivity index (χ0) is 14.4. The van der Waals surface area contributed by atoms with Gasteiger partial charge in [0, 0.05) is 23.2 Å². The van der Waals surface area contributed by atoms with Crippen molar-refractivity contribution in [2.75, 3.05) is 25.0 Å². The average molecular weight is 325 g/mol. The van der Waals surface area contributed by atoms with Crippen molar-refractivity contribution in [3.05, 3.63) is 40.4 Å². The maximum atomic E-state index is 12.1. The van der Waals surface area contributed by atoms with Crippen molar-refractivity contribution >= 4 is 27.5 Å². The second-order valence-electron chi connectivity index (χ2n) is 4.68. The molecule has 0 aliphatic carbocycles. The molecule has 1 aromatic carbocycles. The van der Waals surface area contributed by atoms with Crippen molar-refractivity contribution in [1.82, 2.24) is 4.90 Å². The van der Waals surface area contributed by atoms with Gasteiger partial charge < -0.3 is 10.2 Å². The first-order valence-electron chi connectivity index (χ1n) is 6.36. The number of anilines is 1. The van der Waals surface area contributed by atoms with Crippen molar-refractivity contribution in [1.29, 1.82) is 0 Å². The van der Waals surface area contributed by atoms with Crippen molar-refractivity contribution in [2.24, 2.45) is 0 Å². The van der Waals surface area contributed by atoms with Gasteiger partial charge in [-0.25, -0.2) is 0 Å². The van der Waals surface area contributed by atoms with Gasteiger partial charge in [0.15, 0.2) is 0 Å². The van der Waals surface area contributed by atoms with Crippen molar-refractivity contribution in [3.8, 4) is 0 Å². The Kier molecular flexibility index (Phi) is 6.09. The Balaban J connectivity index is 2.60. The fourth-order valence-electron chi connectivity index (χ4n) is 1.81. The lowest BCUT2D eigenvalue weighted by Gasteiger charge is -2.21. The van der Waals surface area contributed by atoms with Gasteiger partial charge >= 0.3 is 0 Å². The molecule has 1 amide bonds. The molecule has 104 valence electrons. The predicted molar refractivity (Wildman–Crippen MR) is 84.4 cm³/mol. The average Bonchev–Trinajstić information content (AvgIpc) is 2.34. The van der Waals surface area contributed by atoms with Gasteiger partial charge in [-0.05, 0) is 44.5 Å². The van der Waals surface area contributed by atoms with Crippen LogP contribution in [0.25, 0.3) is 0 Å². The number of halogens is 1. The molecule has 1 N–H and O–H groups in total. The lowest BCUT2D eigenvalue weighted by atomic mass is 10.2. The maximum Gasteiger partial charge on any atom is 0.242 e. The van der Waals surface area contributed by atoms with Gasteiger partial charge in [0.05, 0.1) is 6.54 Å². The van der Waals surface area contributed by atoms with Crippen LogP contribution in [-0.2, 0) is 4.79 Å². The quantitative estimate of drug-likeness (QED) is 0.811.